The number of halogens is 1. The molecule has 0 amide bonds. The zero-order valence-corrected chi connectivity index (χ0v) is 10.5. The van der Waals surface area contributed by atoms with Crippen LogP contribution in [0.1, 0.15) is 29.8 Å². The number of aromatic nitrogens is 2. The van der Waals surface area contributed by atoms with Crippen LogP contribution in [0.5, 0.6) is 0 Å². The molecule has 0 saturated carbocycles. The van der Waals surface area contributed by atoms with Crippen molar-refractivity contribution in [3.8, 4) is 0 Å². The molecule has 1 N–H and O–H groups in total. The minimum Gasteiger partial charge on any atom is -0.305 e. The van der Waals surface area contributed by atoms with E-state index in [0.29, 0.717) is 12.1 Å². The van der Waals surface area contributed by atoms with Gasteiger partial charge in [0, 0.05) is 18.8 Å². The smallest absolute Gasteiger partial charge is 0.126 e. The molecule has 0 aliphatic heterocycles. The summed E-state index contributed by atoms with van der Waals surface area (Å²) in [5, 5.41) is 3.30. The maximum absolute atomic E-state index is 13.5. The normalized spacial score (nSPS) is 12.4. The lowest BCUT2D eigenvalue weighted by atomic mass is 10.1. The predicted molar refractivity (Wildman–Crippen MR) is 68.4 cm³/mol. The molecule has 2 aromatic rings. The van der Waals surface area contributed by atoms with Crippen LogP contribution in [0.15, 0.2) is 36.8 Å². The van der Waals surface area contributed by atoms with E-state index < -0.39 is 0 Å². The summed E-state index contributed by atoms with van der Waals surface area (Å²) in [7, 11) is 0. The second kappa shape index (κ2) is 5.69. The quantitative estimate of drug-likeness (QED) is 0.900. The fraction of sp³-hybridized carbons (Fsp3) is 0.286. The van der Waals surface area contributed by atoms with Crippen LogP contribution < -0.4 is 5.32 Å². The van der Waals surface area contributed by atoms with Gasteiger partial charge in [-0.25, -0.2) is 14.4 Å². The zero-order chi connectivity index (χ0) is 13.0. The third kappa shape index (κ3) is 3.11. The molecule has 2 rings (SSSR count). The summed E-state index contributed by atoms with van der Waals surface area (Å²) in [5.74, 6) is -0.164. The van der Waals surface area contributed by atoms with Gasteiger partial charge in [0.2, 0.25) is 0 Å². The van der Waals surface area contributed by atoms with Gasteiger partial charge in [0.1, 0.15) is 12.1 Å². The van der Waals surface area contributed by atoms with Gasteiger partial charge in [-0.15, -0.1) is 0 Å². The molecule has 0 saturated heterocycles. The Kier molecular flexibility index (Phi) is 3.99. The van der Waals surface area contributed by atoms with E-state index in [4.69, 9.17) is 0 Å². The standard InChI is InChI=1S/C14H16FN3/c1-10-3-4-12(7-14(10)15)11(2)17-8-13-5-6-16-9-18-13/h3-7,9,11,17H,8H2,1-2H3. The minimum absolute atomic E-state index is 0.0788. The highest BCUT2D eigenvalue weighted by Gasteiger charge is 2.07. The highest BCUT2D eigenvalue weighted by atomic mass is 19.1. The first-order chi connectivity index (χ1) is 8.66. The minimum atomic E-state index is -0.164. The summed E-state index contributed by atoms with van der Waals surface area (Å²) in [4.78, 5) is 7.99. The summed E-state index contributed by atoms with van der Waals surface area (Å²) in [6.07, 6.45) is 3.23. The highest BCUT2D eigenvalue weighted by molar-refractivity contribution is 5.25. The van der Waals surface area contributed by atoms with Gasteiger partial charge in [0.25, 0.3) is 0 Å². The Labute approximate surface area is 106 Å². The SMILES string of the molecule is Cc1ccc(C(C)NCc2ccncn2)cc1F. The van der Waals surface area contributed by atoms with Crippen molar-refractivity contribution in [1.29, 1.82) is 0 Å². The number of hydrogen-bond donors (Lipinski definition) is 1. The topological polar surface area (TPSA) is 37.8 Å². The van der Waals surface area contributed by atoms with Crippen LogP contribution in [0, 0.1) is 12.7 Å². The van der Waals surface area contributed by atoms with Crippen molar-refractivity contribution in [3.63, 3.8) is 0 Å². The Balaban J connectivity index is 1.99. The summed E-state index contributed by atoms with van der Waals surface area (Å²) in [6.45, 7) is 4.41. The molecular formula is C14H16FN3. The van der Waals surface area contributed by atoms with Crippen molar-refractivity contribution in [1.82, 2.24) is 15.3 Å². The average Bonchev–Trinajstić information content (AvgIpc) is 2.40. The molecule has 0 fully saturated rings. The van der Waals surface area contributed by atoms with Gasteiger partial charge in [0.15, 0.2) is 0 Å². The molecule has 0 aliphatic carbocycles. The molecule has 1 aromatic carbocycles. The lowest BCUT2D eigenvalue weighted by molar-refractivity contribution is 0.557. The van der Waals surface area contributed by atoms with Gasteiger partial charge in [-0.2, -0.15) is 0 Å². The lowest BCUT2D eigenvalue weighted by Gasteiger charge is -2.14. The van der Waals surface area contributed by atoms with Gasteiger partial charge < -0.3 is 5.32 Å². The first kappa shape index (κ1) is 12.6. The van der Waals surface area contributed by atoms with Gasteiger partial charge in [0.05, 0.1) is 5.69 Å². The highest BCUT2D eigenvalue weighted by Crippen LogP contribution is 2.16. The third-order valence-electron chi connectivity index (χ3n) is 2.93. The van der Waals surface area contributed by atoms with Crippen molar-refractivity contribution < 1.29 is 4.39 Å². The monoisotopic (exact) mass is 245 g/mol. The summed E-state index contributed by atoms with van der Waals surface area (Å²) in [5.41, 5.74) is 2.53. The number of aryl methyl sites for hydroxylation is 1. The Hall–Kier alpha value is -1.81. The maximum Gasteiger partial charge on any atom is 0.126 e. The van der Waals surface area contributed by atoms with E-state index in [1.165, 1.54) is 6.33 Å². The third-order valence-corrected chi connectivity index (χ3v) is 2.93. The summed E-state index contributed by atoms with van der Waals surface area (Å²) >= 11 is 0. The molecule has 1 unspecified atom stereocenters. The molecule has 3 nitrogen and oxygen atoms in total. The molecule has 1 heterocycles. The van der Waals surface area contributed by atoms with Gasteiger partial charge in [-0.05, 0) is 37.1 Å². The molecular weight excluding hydrogens is 229 g/mol. The van der Waals surface area contributed by atoms with E-state index in [1.807, 2.05) is 19.1 Å². The van der Waals surface area contributed by atoms with Crippen LogP contribution in [0.3, 0.4) is 0 Å². The van der Waals surface area contributed by atoms with Crippen molar-refractivity contribution in [2.45, 2.75) is 26.4 Å². The Bertz CT molecular complexity index is 514. The van der Waals surface area contributed by atoms with Crippen LogP contribution in [-0.2, 0) is 6.54 Å². The van der Waals surface area contributed by atoms with Crippen molar-refractivity contribution in [2.24, 2.45) is 0 Å². The van der Waals surface area contributed by atoms with E-state index in [0.717, 1.165) is 11.3 Å². The zero-order valence-electron chi connectivity index (χ0n) is 10.5. The van der Waals surface area contributed by atoms with Crippen LogP contribution in [0.4, 0.5) is 4.39 Å². The van der Waals surface area contributed by atoms with Crippen LogP contribution in [-0.4, -0.2) is 9.97 Å². The number of benzene rings is 1. The van der Waals surface area contributed by atoms with Crippen molar-refractivity contribution in [3.05, 3.63) is 59.4 Å². The molecule has 0 radical (unpaired) electrons. The molecule has 0 spiro atoms. The number of hydrogen-bond acceptors (Lipinski definition) is 3. The number of nitrogens with zero attached hydrogens (tertiary/aromatic N) is 2. The summed E-state index contributed by atoms with van der Waals surface area (Å²) in [6, 6.07) is 7.25. The van der Waals surface area contributed by atoms with E-state index in [2.05, 4.69) is 15.3 Å². The number of rotatable bonds is 4. The Morgan fingerprint density at radius 3 is 2.83 bits per heavy atom. The molecule has 0 aliphatic rings. The fourth-order valence-corrected chi connectivity index (χ4v) is 1.68. The Morgan fingerprint density at radius 2 is 2.17 bits per heavy atom. The predicted octanol–water partition coefficient (Wildman–Crippen LogP) is 2.77. The largest absolute Gasteiger partial charge is 0.305 e. The lowest BCUT2D eigenvalue weighted by Crippen LogP contribution is -2.19. The molecule has 0 bridgehead atoms. The van der Waals surface area contributed by atoms with Crippen LogP contribution >= 0.6 is 0 Å². The summed E-state index contributed by atoms with van der Waals surface area (Å²) < 4.78 is 13.5. The molecule has 18 heavy (non-hydrogen) atoms. The second-order valence-corrected chi connectivity index (χ2v) is 4.31. The van der Waals surface area contributed by atoms with Crippen molar-refractivity contribution in [2.75, 3.05) is 0 Å². The first-order valence-corrected chi connectivity index (χ1v) is 5.91. The maximum atomic E-state index is 13.5. The van der Waals surface area contributed by atoms with Gasteiger partial charge in [-0.3, -0.25) is 0 Å². The van der Waals surface area contributed by atoms with E-state index in [-0.39, 0.29) is 11.9 Å². The molecule has 1 aromatic heterocycles. The van der Waals surface area contributed by atoms with E-state index in [1.54, 1.807) is 25.3 Å². The van der Waals surface area contributed by atoms with Crippen LogP contribution in [0.25, 0.3) is 0 Å². The Morgan fingerprint density at radius 1 is 1.33 bits per heavy atom. The van der Waals surface area contributed by atoms with Gasteiger partial charge in [-0.1, -0.05) is 12.1 Å². The average molecular weight is 245 g/mol. The molecule has 4 heteroatoms. The van der Waals surface area contributed by atoms with Crippen LogP contribution in [0.2, 0.25) is 0 Å². The van der Waals surface area contributed by atoms with E-state index in [9.17, 15) is 4.39 Å². The van der Waals surface area contributed by atoms with Crippen molar-refractivity contribution >= 4 is 0 Å². The second-order valence-electron chi connectivity index (χ2n) is 4.31. The number of nitrogens with one attached hydrogen (secondary N) is 1. The fourth-order valence-electron chi connectivity index (χ4n) is 1.68. The van der Waals surface area contributed by atoms with Gasteiger partial charge >= 0.3 is 0 Å². The molecule has 1 atom stereocenters. The molecule has 94 valence electrons. The van der Waals surface area contributed by atoms with E-state index >= 15 is 0 Å². The first-order valence-electron chi connectivity index (χ1n) is 5.91.